The Morgan fingerprint density at radius 1 is 1.39 bits per heavy atom. The van der Waals surface area contributed by atoms with Crippen molar-refractivity contribution in [2.45, 2.75) is 13.3 Å². The summed E-state index contributed by atoms with van der Waals surface area (Å²) >= 11 is 0. The normalized spacial score (nSPS) is 17.4. The van der Waals surface area contributed by atoms with Gasteiger partial charge in [0.1, 0.15) is 5.82 Å². The van der Waals surface area contributed by atoms with Gasteiger partial charge in [-0.05, 0) is 23.9 Å². The quantitative estimate of drug-likeness (QED) is 0.493. The van der Waals surface area contributed by atoms with E-state index in [0.717, 1.165) is 22.6 Å². The molecule has 0 aliphatic carbocycles. The molecular weight excluding hydrogens is 292 g/mol. The van der Waals surface area contributed by atoms with Crippen LogP contribution in [0, 0.1) is 12.8 Å². The number of aryl methyl sites for hydroxylation is 2. The van der Waals surface area contributed by atoms with Gasteiger partial charge in [0.25, 0.3) is 0 Å². The van der Waals surface area contributed by atoms with E-state index in [1.54, 1.807) is 9.58 Å². The molecule has 1 aliphatic rings. The Kier molecular flexibility index (Phi) is 4.04. The van der Waals surface area contributed by atoms with Gasteiger partial charge in [0.15, 0.2) is 0 Å². The molecule has 1 aliphatic heterocycles. The Morgan fingerprint density at radius 2 is 2.13 bits per heavy atom. The lowest BCUT2D eigenvalue weighted by molar-refractivity contribution is -0.117. The molecule has 23 heavy (non-hydrogen) atoms. The van der Waals surface area contributed by atoms with Crippen molar-refractivity contribution < 1.29 is 4.79 Å². The van der Waals surface area contributed by atoms with Crippen molar-refractivity contribution in [1.29, 1.82) is 0 Å². The topological polar surface area (TPSA) is 86.9 Å². The average molecular weight is 310 g/mol. The number of nitrogens with zero attached hydrogens (tertiary/aromatic N) is 6. The first kappa shape index (κ1) is 15.1. The second-order valence-corrected chi connectivity index (χ2v) is 5.76. The highest BCUT2D eigenvalue weighted by molar-refractivity contribution is 5.99. The van der Waals surface area contributed by atoms with Crippen molar-refractivity contribution in [2.75, 3.05) is 18.0 Å². The summed E-state index contributed by atoms with van der Waals surface area (Å²) in [4.78, 5) is 17.0. The van der Waals surface area contributed by atoms with Gasteiger partial charge in [0.05, 0.1) is 5.69 Å². The number of hydrogen-bond acceptors (Lipinski definition) is 3. The third kappa shape index (κ3) is 2.78. The van der Waals surface area contributed by atoms with Gasteiger partial charge in [-0.2, -0.15) is 5.10 Å². The van der Waals surface area contributed by atoms with Crippen LogP contribution in [0.3, 0.4) is 0 Å². The minimum Gasteiger partial charge on any atom is -0.296 e. The summed E-state index contributed by atoms with van der Waals surface area (Å²) < 4.78 is 1.76. The van der Waals surface area contributed by atoms with Crippen LogP contribution in [-0.2, 0) is 11.8 Å². The molecule has 1 aromatic heterocycles. The Labute approximate surface area is 134 Å². The highest BCUT2D eigenvalue weighted by Crippen LogP contribution is 2.36. The average Bonchev–Trinajstić information content (AvgIpc) is 3.05. The Bertz CT molecular complexity index is 775. The third-order valence-corrected chi connectivity index (χ3v) is 4.12. The number of carbonyl (C=O) groups excluding carboxylic acids is 1. The predicted molar refractivity (Wildman–Crippen MR) is 87.9 cm³/mol. The number of azide groups is 1. The second-order valence-electron chi connectivity index (χ2n) is 5.76. The lowest BCUT2D eigenvalue weighted by Crippen LogP contribution is -2.27. The molecule has 7 nitrogen and oxygen atoms in total. The van der Waals surface area contributed by atoms with E-state index >= 15 is 0 Å². The zero-order valence-electron chi connectivity index (χ0n) is 13.2. The lowest BCUT2D eigenvalue weighted by Gasteiger charge is -2.19. The van der Waals surface area contributed by atoms with Gasteiger partial charge in [0.2, 0.25) is 5.91 Å². The van der Waals surface area contributed by atoms with Crippen LogP contribution in [0.25, 0.3) is 21.6 Å². The first-order chi connectivity index (χ1) is 11.1. The number of aromatic nitrogens is 2. The number of rotatable bonds is 4. The maximum atomic E-state index is 12.4. The number of carbonyl (C=O) groups is 1. The standard InChI is InChI=1S/C16H18N6O/c1-11-15(13-6-4-3-5-7-13)16(21(2)19-11)22-10-12(8-14(22)23)9-18-20-17/h3-7,12H,8-10H2,1-2H3. The largest absolute Gasteiger partial charge is 0.296 e. The summed E-state index contributed by atoms with van der Waals surface area (Å²) in [6, 6.07) is 9.95. The summed E-state index contributed by atoms with van der Waals surface area (Å²) in [5, 5.41) is 8.10. The number of hydrogen-bond donors (Lipinski definition) is 0. The van der Waals surface area contributed by atoms with E-state index < -0.39 is 0 Å². The summed E-state index contributed by atoms with van der Waals surface area (Å²) in [6.07, 6.45) is 0.400. The maximum absolute atomic E-state index is 12.4. The minimum absolute atomic E-state index is 0.0447. The zero-order valence-corrected chi connectivity index (χ0v) is 13.2. The van der Waals surface area contributed by atoms with Crippen molar-refractivity contribution in [3.8, 4) is 11.1 Å². The van der Waals surface area contributed by atoms with Crippen molar-refractivity contribution >= 4 is 11.7 Å². The summed E-state index contributed by atoms with van der Waals surface area (Å²) in [7, 11) is 1.85. The molecule has 1 unspecified atom stereocenters. The van der Waals surface area contributed by atoms with Gasteiger partial charge in [-0.15, -0.1) is 0 Å². The third-order valence-electron chi connectivity index (χ3n) is 4.12. The van der Waals surface area contributed by atoms with E-state index in [-0.39, 0.29) is 11.8 Å². The lowest BCUT2D eigenvalue weighted by atomic mass is 10.1. The van der Waals surface area contributed by atoms with Gasteiger partial charge in [0, 0.05) is 37.0 Å². The molecule has 0 bridgehead atoms. The van der Waals surface area contributed by atoms with Crippen LogP contribution in [0.4, 0.5) is 5.82 Å². The van der Waals surface area contributed by atoms with Crippen molar-refractivity contribution in [3.63, 3.8) is 0 Å². The number of anilines is 1. The minimum atomic E-state index is 0.0447. The van der Waals surface area contributed by atoms with Gasteiger partial charge < -0.3 is 0 Å². The molecule has 2 aromatic rings. The van der Waals surface area contributed by atoms with E-state index in [0.29, 0.717) is 19.5 Å². The molecule has 118 valence electrons. The molecule has 1 saturated heterocycles. The van der Waals surface area contributed by atoms with Crippen molar-refractivity contribution in [2.24, 2.45) is 18.1 Å². The van der Waals surface area contributed by atoms with Crippen molar-refractivity contribution in [1.82, 2.24) is 9.78 Å². The predicted octanol–water partition coefficient (Wildman–Crippen LogP) is 3.06. The van der Waals surface area contributed by atoms with Crippen LogP contribution >= 0.6 is 0 Å². The Morgan fingerprint density at radius 3 is 2.83 bits per heavy atom. The van der Waals surface area contributed by atoms with Gasteiger partial charge in [-0.1, -0.05) is 35.4 Å². The van der Waals surface area contributed by atoms with E-state index in [1.165, 1.54) is 0 Å². The van der Waals surface area contributed by atoms with Crippen LogP contribution in [0.5, 0.6) is 0 Å². The fraction of sp³-hybridized carbons (Fsp3) is 0.375. The summed E-state index contributed by atoms with van der Waals surface area (Å²) in [6.45, 7) is 2.84. The number of amides is 1. The van der Waals surface area contributed by atoms with Crippen LogP contribution in [0.15, 0.2) is 35.4 Å². The van der Waals surface area contributed by atoms with E-state index in [1.807, 2.05) is 44.3 Å². The molecule has 3 rings (SSSR count). The molecular formula is C16H18N6O. The fourth-order valence-corrected chi connectivity index (χ4v) is 3.16. The molecule has 0 N–H and O–H groups in total. The Hall–Kier alpha value is -2.79. The van der Waals surface area contributed by atoms with Crippen LogP contribution in [0.1, 0.15) is 12.1 Å². The smallest absolute Gasteiger partial charge is 0.228 e. The van der Waals surface area contributed by atoms with E-state index in [4.69, 9.17) is 5.53 Å². The molecule has 1 fully saturated rings. The molecule has 7 heteroatoms. The molecule has 1 amide bonds. The molecule has 1 aromatic carbocycles. The highest BCUT2D eigenvalue weighted by Gasteiger charge is 2.34. The van der Waals surface area contributed by atoms with Crippen LogP contribution in [0.2, 0.25) is 0 Å². The number of benzene rings is 1. The highest BCUT2D eigenvalue weighted by atomic mass is 16.2. The van der Waals surface area contributed by atoms with Gasteiger partial charge in [-0.3, -0.25) is 14.4 Å². The molecule has 0 spiro atoms. The van der Waals surface area contributed by atoms with E-state index in [9.17, 15) is 4.79 Å². The molecule has 2 heterocycles. The van der Waals surface area contributed by atoms with Crippen LogP contribution < -0.4 is 4.90 Å². The Balaban J connectivity index is 2.00. The molecule has 0 saturated carbocycles. The maximum Gasteiger partial charge on any atom is 0.228 e. The summed E-state index contributed by atoms with van der Waals surface area (Å²) in [5.74, 6) is 0.905. The fourth-order valence-electron chi connectivity index (χ4n) is 3.16. The molecule has 0 radical (unpaired) electrons. The summed E-state index contributed by atoms with van der Waals surface area (Å²) in [5.41, 5.74) is 11.4. The van der Waals surface area contributed by atoms with Crippen LogP contribution in [-0.4, -0.2) is 28.8 Å². The first-order valence-electron chi connectivity index (χ1n) is 7.52. The second kappa shape index (κ2) is 6.14. The zero-order chi connectivity index (χ0) is 16.4. The van der Waals surface area contributed by atoms with E-state index in [2.05, 4.69) is 15.1 Å². The monoisotopic (exact) mass is 310 g/mol. The molecule has 1 atom stereocenters. The first-order valence-corrected chi connectivity index (χ1v) is 7.52. The van der Waals surface area contributed by atoms with Gasteiger partial charge in [-0.25, -0.2) is 0 Å². The SMILES string of the molecule is Cc1nn(C)c(N2CC(CN=[N+]=[N-])CC2=O)c1-c1ccccc1. The van der Waals surface area contributed by atoms with Crippen molar-refractivity contribution in [3.05, 3.63) is 46.5 Å². The van der Waals surface area contributed by atoms with Gasteiger partial charge >= 0.3 is 0 Å².